The van der Waals surface area contributed by atoms with Crippen LogP contribution in [-0.2, 0) is 11.2 Å². The van der Waals surface area contributed by atoms with E-state index in [1.807, 2.05) is 19.9 Å². The molecular weight excluding hydrogens is 243 g/mol. The average molecular weight is 266 g/mol. The van der Waals surface area contributed by atoms with Crippen molar-refractivity contribution in [1.29, 1.82) is 0 Å². The summed E-state index contributed by atoms with van der Waals surface area (Å²) in [5, 5.41) is 0. The van der Waals surface area contributed by atoms with Crippen molar-refractivity contribution in [2.24, 2.45) is 11.7 Å². The number of carbonyl (C=O) groups is 1. The fourth-order valence-electron chi connectivity index (χ4n) is 1.92. The Morgan fingerprint density at radius 3 is 2.68 bits per heavy atom. The van der Waals surface area contributed by atoms with E-state index in [-0.39, 0.29) is 23.7 Å². The van der Waals surface area contributed by atoms with Crippen molar-refractivity contribution in [2.75, 3.05) is 13.6 Å². The Balaban J connectivity index is 2.51. The summed E-state index contributed by atoms with van der Waals surface area (Å²) < 4.78 is 13.0. The predicted molar refractivity (Wildman–Crippen MR) is 75.2 cm³/mol. The molecule has 1 aromatic rings. The Hall–Kier alpha value is -1.42. The second kappa shape index (κ2) is 7.24. The van der Waals surface area contributed by atoms with Crippen LogP contribution >= 0.6 is 0 Å². The van der Waals surface area contributed by atoms with Crippen molar-refractivity contribution in [2.45, 2.75) is 32.7 Å². The van der Waals surface area contributed by atoms with Gasteiger partial charge in [0.15, 0.2) is 0 Å². The van der Waals surface area contributed by atoms with Crippen LogP contribution in [0.1, 0.15) is 25.8 Å². The number of carbonyl (C=O) groups excluding carboxylic acids is 1. The van der Waals surface area contributed by atoms with Crippen LogP contribution in [0, 0.1) is 11.7 Å². The molecule has 1 amide bonds. The number of aryl methyl sites for hydroxylation is 1. The average Bonchev–Trinajstić information content (AvgIpc) is 2.42. The van der Waals surface area contributed by atoms with Crippen LogP contribution in [0.5, 0.6) is 0 Å². The number of likely N-dealkylation sites (N-methyl/N-ethyl adjacent to an activating group) is 1. The number of nitrogens with two attached hydrogens (primary N) is 1. The SMILES string of the molecule is CC(CCc1cccc(F)c1)C(=O)N(C)C(C)CN. The molecule has 2 unspecified atom stereocenters. The molecule has 1 rings (SSSR count). The molecule has 0 spiro atoms. The second-order valence-electron chi connectivity index (χ2n) is 5.10. The van der Waals surface area contributed by atoms with Gasteiger partial charge in [0.1, 0.15) is 5.82 Å². The zero-order chi connectivity index (χ0) is 14.4. The lowest BCUT2D eigenvalue weighted by Crippen LogP contribution is -2.42. The van der Waals surface area contributed by atoms with Crippen molar-refractivity contribution in [1.82, 2.24) is 4.90 Å². The van der Waals surface area contributed by atoms with Crippen molar-refractivity contribution < 1.29 is 9.18 Å². The van der Waals surface area contributed by atoms with E-state index in [1.165, 1.54) is 12.1 Å². The topological polar surface area (TPSA) is 46.3 Å². The largest absolute Gasteiger partial charge is 0.342 e. The molecule has 4 heteroatoms. The van der Waals surface area contributed by atoms with E-state index in [0.717, 1.165) is 5.56 Å². The van der Waals surface area contributed by atoms with Gasteiger partial charge in [0.05, 0.1) is 0 Å². The van der Waals surface area contributed by atoms with Gasteiger partial charge in [0.25, 0.3) is 0 Å². The normalized spacial score (nSPS) is 13.9. The van der Waals surface area contributed by atoms with Gasteiger partial charge in [-0.3, -0.25) is 4.79 Å². The number of amides is 1. The molecule has 0 aliphatic carbocycles. The van der Waals surface area contributed by atoms with Crippen molar-refractivity contribution in [3.8, 4) is 0 Å². The highest BCUT2D eigenvalue weighted by molar-refractivity contribution is 5.78. The lowest BCUT2D eigenvalue weighted by molar-refractivity contribution is -0.135. The molecule has 0 aromatic heterocycles. The van der Waals surface area contributed by atoms with Crippen LogP contribution in [0.15, 0.2) is 24.3 Å². The monoisotopic (exact) mass is 266 g/mol. The van der Waals surface area contributed by atoms with E-state index in [0.29, 0.717) is 19.4 Å². The Labute approximate surface area is 114 Å². The van der Waals surface area contributed by atoms with Crippen molar-refractivity contribution >= 4 is 5.91 Å². The molecule has 0 aliphatic rings. The summed E-state index contributed by atoms with van der Waals surface area (Å²) in [6.45, 7) is 4.29. The first kappa shape index (κ1) is 15.6. The minimum absolute atomic E-state index is 0.0455. The van der Waals surface area contributed by atoms with Gasteiger partial charge in [0, 0.05) is 25.6 Å². The summed E-state index contributed by atoms with van der Waals surface area (Å²) >= 11 is 0. The lowest BCUT2D eigenvalue weighted by Gasteiger charge is -2.26. The van der Waals surface area contributed by atoms with Gasteiger partial charge < -0.3 is 10.6 Å². The van der Waals surface area contributed by atoms with Gasteiger partial charge in [0.2, 0.25) is 5.91 Å². The van der Waals surface area contributed by atoms with Gasteiger partial charge >= 0.3 is 0 Å². The van der Waals surface area contributed by atoms with Gasteiger partial charge in [-0.1, -0.05) is 19.1 Å². The maximum Gasteiger partial charge on any atom is 0.225 e. The number of rotatable bonds is 6. The smallest absolute Gasteiger partial charge is 0.225 e. The Morgan fingerprint density at radius 2 is 2.11 bits per heavy atom. The van der Waals surface area contributed by atoms with Crippen LogP contribution in [0.4, 0.5) is 4.39 Å². The fourth-order valence-corrected chi connectivity index (χ4v) is 1.92. The van der Waals surface area contributed by atoms with Crippen LogP contribution in [0.25, 0.3) is 0 Å². The molecule has 2 N–H and O–H groups in total. The summed E-state index contributed by atoms with van der Waals surface area (Å²) in [5.41, 5.74) is 6.48. The maximum atomic E-state index is 13.0. The molecule has 19 heavy (non-hydrogen) atoms. The quantitative estimate of drug-likeness (QED) is 0.858. The van der Waals surface area contributed by atoms with E-state index >= 15 is 0 Å². The molecule has 106 valence electrons. The van der Waals surface area contributed by atoms with Crippen molar-refractivity contribution in [3.05, 3.63) is 35.6 Å². The number of halogens is 1. The molecule has 0 saturated carbocycles. The van der Waals surface area contributed by atoms with Crippen LogP contribution in [-0.4, -0.2) is 30.4 Å². The van der Waals surface area contributed by atoms with Crippen LogP contribution in [0.2, 0.25) is 0 Å². The molecule has 0 bridgehead atoms. The summed E-state index contributed by atoms with van der Waals surface area (Å²) in [6.07, 6.45) is 1.42. The molecular formula is C15H23FN2O. The summed E-state index contributed by atoms with van der Waals surface area (Å²) in [6, 6.07) is 6.56. The van der Waals surface area contributed by atoms with E-state index in [4.69, 9.17) is 5.73 Å². The standard InChI is InChI=1S/C15H23FN2O/c1-11(15(19)18(3)12(2)10-17)7-8-13-5-4-6-14(16)9-13/h4-6,9,11-12H,7-8,10,17H2,1-3H3. The maximum absolute atomic E-state index is 13.0. The number of nitrogens with zero attached hydrogens (tertiary/aromatic N) is 1. The number of benzene rings is 1. The molecule has 0 heterocycles. The second-order valence-corrected chi connectivity index (χ2v) is 5.10. The zero-order valence-corrected chi connectivity index (χ0v) is 11.9. The van der Waals surface area contributed by atoms with E-state index in [9.17, 15) is 9.18 Å². The Bertz CT molecular complexity index is 422. The predicted octanol–water partition coefficient (Wildman–Crippen LogP) is 2.20. The first-order valence-electron chi connectivity index (χ1n) is 6.67. The van der Waals surface area contributed by atoms with Crippen molar-refractivity contribution in [3.63, 3.8) is 0 Å². The van der Waals surface area contributed by atoms with Crippen LogP contribution < -0.4 is 5.73 Å². The van der Waals surface area contributed by atoms with Gasteiger partial charge in [-0.05, 0) is 37.5 Å². The molecule has 2 atom stereocenters. The molecule has 0 fully saturated rings. The highest BCUT2D eigenvalue weighted by Gasteiger charge is 2.20. The van der Waals surface area contributed by atoms with E-state index < -0.39 is 0 Å². The molecule has 0 radical (unpaired) electrons. The minimum Gasteiger partial charge on any atom is -0.342 e. The van der Waals surface area contributed by atoms with Gasteiger partial charge in [-0.25, -0.2) is 4.39 Å². The molecule has 0 saturated heterocycles. The third kappa shape index (κ3) is 4.63. The summed E-state index contributed by atoms with van der Waals surface area (Å²) in [4.78, 5) is 13.8. The van der Waals surface area contributed by atoms with Gasteiger partial charge in [-0.2, -0.15) is 0 Å². The zero-order valence-electron chi connectivity index (χ0n) is 11.9. The highest BCUT2D eigenvalue weighted by atomic mass is 19.1. The highest BCUT2D eigenvalue weighted by Crippen LogP contribution is 2.14. The molecule has 1 aromatic carbocycles. The third-order valence-electron chi connectivity index (χ3n) is 3.53. The third-order valence-corrected chi connectivity index (χ3v) is 3.53. The summed E-state index contributed by atoms with van der Waals surface area (Å²) in [5.74, 6) is -0.220. The van der Waals surface area contributed by atoms with Crippen LogP contribution in [0.3, 0.4) is 0 Å². The minimum atomic E-state index is -0.231. The fraction of sp³-hybridized carbons (Fsp3) is 0.533. The van der Waals surface area contributed by atoms with Gasteiger partial charge in [-0.15, -0.1) is 0 Å². The Kier molecular flexibility index (Phi) is 5.96. The Morgan fingerprint density at radius 1 is 1.42 bits per heavy atom. The summed E-state index contributed by atoms with van der Waals surface area (Å²) in [7, 11) is 1.78. The number of hydrogen-bond donors (Lipinski definition) is 1. The van der Waals surface area contributed by atoms with E-state index in [1.54, 1.807) is 18.0 Å². The first-order valence-corrected chi connectivity index (χ1v) is 6.67. The first-order chi connectivity index (χ1) is 8.95. The lowest BCUT2D eigenvalue weighted by atomic mass is 9.99. The molecule has 0 aliphatic heterocycles. The number of hydrogen-bond acceptors (Lipinski definition) is 2. The van der Waals surface area contributed by atoms with E-state index in [2.05, 4.69) is 0 Å². The molecule has 3 nitrogen and oxygen atoms in total.